The summed E-state index contributed by atoms with van der Waals surface area (Å²) in [4.78, 5) is 2.50. The smallest absolute Gasteiger partial charge is 0.119 e. The first kappa shape index (κ1) is 16.8. The maximum atomic E-state index is 6.00. The van der Waals surface area contributed by atoms with Gasteiger partial charge in [0.05, 0.1) is 0 Å². The highest BCUT2D eigenvalue weighted by Gasteiger charge is 2.34. The summed E-state index contributed by atoms with van der Waals surface area (Å²) >= 11 is 0. The summed E-state index contributed by atoms with van der Waals surface area (Å²) in [6.45, 7) is 8.44. The number of hydrogen-bond donors (Lipinski definition) is 1. The van der Waals surface area contributed by atoms with Gasteiger partial charge in [-0.25, -0.2) is 0 Å². The molecule has 2 unspecified atom stereocenters. The van der Waals surface area contributed by atoms with Gasteiger partial charge >= 0.3 is 0 Å². The van der Waals surface area contributed by atoms with Crippen molar-refractivity contribution in [1.82, 2.24) is 10.2 Å². The number of nitrogens with one attached hydrogen (secondary N) is 1. The highest BCUT2D eigenvalue weighted by molar-refractivity contribution is 5.36. The summed E-state index contributed by atoms with van der Waals surface area (Å²) in [6.07, 6.45) is 5.34. The van der Waals surface area contributed by atoms with Crippen molar-refractivity contribution < 1.29 is 4.74 Å². The van der Waals surface area contributed by atoms with Crippen LogP contribution in [-0.2, 0) is 0 Å². The maximum Gasteiger partial charge on any atom is 0.119 e. The second-order valence-corrected chi connectivity index (χ2v) is 7.77. The molecule has 0 amide bonds. The summed E-state index contributed by atoms with van der Waals surface area (Å²) in [5.41, 5.74) is 2.75. The number of aryl methyl sites for hydroxylation is 1. The van der Waals surface area contributed by atoms with Crippen molar-refractivity contribution in [1.29, 1.82) is 0 Å². The molecule has 2 saturated heterocycles. The lowest BCUT2D eigenvalue weighted by molar-refractivity contribution is 0.147. The van der Waals surface area contributed by atoms with Gasteiger partial charge < -0.3 is 10.1 Å². The van der Waals surface area contributed by atoms with E-state index in [9.17, 15) is 0 Å². The molecule has 2 aliphatic rings. The third kappa shape index (κ3) is 4.07. The van der Waals surface area contributed by atoms with Crippen LogP contribution in [0.5, 0.6) is 5.75 Å². The number of benzene rings is 1. The van der Waals surface area contributed by atoms with E-state index in [2.05, 4.69) is 56.2 Å². The Labute approximate surface area is 141 Å². The first-order chi connectivity index (χ1) is 11.0. The van der Waals surface area contributed by atoms with E-state index in [0.717, 1.165) is 37.0 Å². The van der Waals surface area contributed by atoms with Crippen molar-refractivity contribution in [2.24, 2.45) is 0 Å². The van der Waals surface area contributed by atoms with Crippen LogP contribution in [0.3, 0.4) is 0 Å². The Bertz CT molecular complexity index is 516. The third-order valence-electron chi connectivity index (χ3n) is 5.65. The quantitative estimate of drug-likeness (QED) is 0.866. The van der Waals surface area contributed by atoms with Crippen LogP contribution < -0.4 is 10.1 Å². The zero-order valence-corrected chi connectivity index (χ0v) is 15.1. The largest absolute Gasteiger partial charge is 0.492 e. The maximum absolute atomic E-state index is 6.00. The lowest BCUT2D eigenvalue weighted by Crippen LogP contribution is -2.47. The average Bonchev–Trinajstić information content (AvgIpc) is 2.85. The Kier molecular flexibility index (Phi) is 5.27. The fourth-order valence-corrected chi connectivity index (χ4v) is 4.26. The normalized spacial score (nSPS) is 27.0. The lowest BCUT2D eigenvalue weighted by Gasteiger charge is -2.35. The molecular formula is C20H32N2O. The molecule has 3 nitrogen and oxygen atoms in total. The van der Waals surface area contributed by atoms with Crippen molar-refractivity contribution in [2.45, 2.75) is 70.5 Å². The average molecular weight is 316 g/mol. The molecule has 1 aromatic rings. The van der Waals surface area contributed by atoms with Gasteiger partial charge in [-0.05, 0) is 68.8 Å². The molecule has 2 heterocycles. The molecule has 2 aliphatic heterocycles. The standard InChI is InChI=1S/C20H32N2O/c1-14(2)20-8-7-19(11-15(20)3)23-10-9-22(4)18-12-16-5-6-17(13-18)21-16/h7-8,11,14,16-18,21H,5-6,9-10,12-13H2,1-4H3. The van der Waals surface area contributed by atoms with E-state index in [0.29, 0.717) is 5.92 Å². The van der Waals surface area contributed by atoms with Crippen molar-refractivity contribution >= 4 is 0 Å². The first-order valence-electron chi connectivity index (χ1n) is 9.22. The first-order valence-corrected chi connectivity index (χ1v) is 9.22. The highest BCUT2D eigenvalue weighted by atomic mass is 16.5. The molecule has 128 valence electrons. The van der Waals surface area contributed by atoms with Gasteiger partial charge in [-0.15, -0.1) is 0 Å². The number of likely N-dealkylation sites (N-methyl/N-ethyl adjacent to an activating group) is 1. The lowest BCUT2D eigenvalue weighted by atomic mass is 9.98. The molecule has 3 rings (SSSR count). The Balaban J connectivity index is 1.46. The minimum Gasteiger partial charge on any atom is -0.492 e. The van der Waals surface area contributed by atoms with Crippen LogP contribution in [0.2, 0.25) is 0 Å². The summed E-state index contributed by atoms with van der Waals surface area (Å²) < 4.78 is 6.00. The monoisotopic (exact) mass is 316 g/mol. The second kappa shape index (κ2) is 7.23. The molecular weight excluding hydrogens is 284 g/mol. The highest BCUT2D eigenvalue weighted by Crippen LogP contribution is 2.29. The van der Waals surface area contributed by atoms with Gasteiger partial charge in [0.15, 0.2) is 0 Å². The number of fused-ring (bicyclic) bond motifs is 2. The van der Waals surface area contributed by atoms with Crippen LogP contribution in [0.15, 0.2) is 18.2 Å². The van der Waals surface area contributed by atoms with Gasteiger partial charge in [0.25, 0.3) is 0 Å². The molecule has 3 heteroatoms. The van der Waals surface area contributed by atoms with Crippen LogP contribution in [0, 0.1) is 6.92 Å². The summed E-state index contributed by atoms with van der Waals surface area (Å²) in [5, 5.41) is 3.72. The molecule has 2 fully saturated rings. The third-order valence-corrected chi connectivity index (χ3v) is 5.65. The summed E-state index contributed by atoms with van der Waals surface area (Å²) in [6, 6.07) is 8.75. The van der Waals surface area contributed by atoms with E-state index in [-0.39, 0.29) is 0 Å². The predicted octanol–water partition coefficient (Wildman–Crippen LogP) is 3.71. The van der Waals surface area contributed by atoms with Crippen molar-refractivity contribution in [3.63, 3.8) is 0 Å². The van der Waals surface area contributed by atoms with Crippen LogP contribution >= 0.6 is 0 Å². The van der Waals surface area contributed by atoms with E-state index < -0.39 is 0 Å². The minimum atomic E-state index is 0.575. The summed E-state index contributed by atoms with van der Waals surface area (Å²) in [7, 11) is 2.26. The molecule has 2 atom stereocenters. The van der Waals surface area contributed by atoms with E-state index >= 15 is 0 Å². The summed E-state index contributed by atoms with van der Waals surface area (Å²) in [5.74, 6) is 1.58. The van der Waals surface area contributed by atoms with Gasteiger partial charge in [0.2, 0.25) is 0 Å². The second-order valence-electron chi connectivity index (χ2n) is 7.77. The molecule has 0 aliphatic carbocycles. The fourth-order valence-electron chi connectivity index (χ4n) is 4.26. The Hall–Kier alpha value is -1.06. The number of piperidine rings is 1. The van der Waals surface area contributed by atoms with E-state index in [1.54, 1.807) is 0 Å². The fraction of sp³-hybridized carbons (Fsp3) is 0.700. The molecule has 23 heavy (non-hydrogen) atoms. The van der Waals surface area contributed by atoms with Crippen LogP contribution in [0.4, 0.5) is 0 Å². The van der Waals surface area contributed by atoms with Gasteiger partial charge in [0.1, 0.15) is 12.4 Å². The number of rotatable bonds is 6. The number of nitrogens with zero attached hydrogens (tertiary/aromatic N) is 1. The Morgan fingerprint density at radius 2 is 1.91 bits per heavy atom. The number of ether oxygens (including phenoxy) is 1. The van der Waals surface area contributed by atoms with Crippen LogP contribution in [0.1, 0.15) is 56.6 Å². The van der Waals surface area contributed by atoms with E-state index in [4.69, 9.17) is 4.74 Å². The van der Waals surface area contributed by atoms with Gasteiger partial charge in [-0.2, -0.15) is 0 Å². The number of hydrogen-bond acceptors (Lipinski definition) is 3. The zero-order valence-electron chi connectivity index (χ0n) is 15.1. The van der Waals surface area contributed by atoms with Gasteiger partial charge in [0, 0.05) is 24.7 Å². The van der Waals surface area contributed by atoms with Crippen molar-refractivity contribution in [3.05, 3.63) is 29.3 Å². The Morgan fingerprint density at radius 3 is 2.52 bits per heavy atom. The predicted molar refractivity (Wildman–Crippen MR) is 96.4 cm³/mol. The van der Waals surface area contributed by atoms with Crippen LogP contribution in [-0.4, -0.2) is 43.2 Å². The van der Waals surface area contributed by atoms with Crippen molar-refractivity contribution in [3.8, 4) is 5.75 Å². The van der Waals surface area contributed by atoms with Gasteiger partial charge in [-0.3, -0.25) is 4.90 Å². The SMILES string of the molecule is Cc1cc(OCCN(C)C2CC3CCC(C2)N3)ccc1C(C)C. The van der Waals surface area contributed by atoms with Crippen molar-refractivity contribution in [2.75, 3.05) is 20.2 Å². The van der Waals surface area contributed by atoms with Crippen LogP contribution in [0.25, 0.3) is 0 Å². The molecule has 0 saturated carbocycles. The molecule has 0 radical (unpaired) electrons. The molecule has 1 aromatic carbocycles. The van der Waals surface area contributed by atoms with E-state index in [1.165, 1.54) is 36.8 Å². The van der Waals surface area contributed by atoms with Gasteiger partial charge in [-0.1, -0.05) is 19.9 Å². The molecule has 0 aromatic heterocycles. The van der Waals surface area contributed by atoms with E-state index in [1.807, 2.05) is 0 Å². The molecule has 0 spiro atoms. The topological polar surface area (TPSA) is 24.5 Å². The zero-order chi connectivity index (χ0) is 16.4. The molecule has 2 bridgehead atoms. The minimum absolute atomic E-state index is 0.575. The molecule has 1 N–H and O–H groups in total. The Morgan fingerprint density at radius 1 is 1.22 bits per heavy atom.